The van der Waals surface area contributed by atoms with Crippen LogP contribution < -0.4 is 10.1 Å². The van der Waals surface area contributed by atoms with Crippen LogP contribution in [0.3, 0.4) is 0 Å². The molecule has 0 aliphatic rings. The van der Waals surface area contributed by atoms with Crippen molar-refractivity contribution in [3.8, 4) is 5.75 Å². The van der Waals surface area contributed by atoms with E-state index < -0.39 is 23.7 Å². The van der Waals surface area contributed by atoms with E-state index >= 15 is 0 Å². The third-order valence-corrected chi connectivity index (χ3v) is 3.27. The van der Waals surface area contributed by atoms with Gasteiger partial charge in [0.05, 0.1) is 6.61 Å². The maximum Gasteiger partial charge on any atom is 0.408 e. The molecule has 26 heavy (non-hydrogen) atoms. The Labute approximate surface area is 154 Å². The summed E-state index contributed by atoms with van der Waals surface area (Å²) in [6, 6.07) is 5.76. The number of esters is 1. The van der Waals surface area contributed by atoms with Gasteiger partial charge in [-0.25, -0.2) is 9.59 Å². The number of alkyl carbamates (subject to hydrolysis) is 1. The van der Waals surface area contributed by atoms with E-state index in [4.69, 9.17) is 14.2 Å². The van der Waals surface area contributed by atoms with Crippen LogP contribution in [0, 0.1) is 0 Å². The fourth-order valence-electron chi connectivity index (χ4n) is 2.06. The van der Waals surface area contributed by atoms with Crippen molar-refractivity contribution in [3.63, 3.8) is 0 Å². The second kappa shape index (κ2) is 10.4. The molecule has 1 aromatic rings. The van der Waals surface area contributed by atoms with Crippen molar-refractivity contribution < 1.29 is 28.6 Å². The molecule has 1 amide bonds. The van der Waals surface area contributed by atoms with Gasteiger partial charge in [0.2, 0.25) is 0 Å². The van der Waals surface area contributed by atoms with Gasteiger partial charge in [-0.3, -0.25) is 4.79 Å². The van der Waals surface area contributed by atoms with Crippen LogP contribution >= 0.6 is 0 Å². The molecule has 1 unspecified atom stereocenters. The summed E-state index contributed by atoms with van der Waals surface area (Å²) in [4.78, 5) is 34.7. The lowest BCUT2D eigenvalue weighted by molar-refractivity contribution is -0.146. The lowest BCUT2D eigenvalue weighted by Crippen LogP contribution is -2.45. The van der Waals surface area contributed by atoms with Crippen molar-refractivity contribution in [3.05, 3.63) is 29.8 Å². The van der Waals surface area contributed by atoms with Crippen LogP contribution in [0.25, 0.3) is 0 Å². The first-order chi connectivity index (χ1) is 12.2. The van der Waals surface area contributed by atoms with E-state index in [1.807, 2.05) is 6.92 Å². The minimum atomic E-state index is -0.875. The van der Waals surface area contributed by atoms with Crippen LogP contribution in [0.2, 0.25) is 0 Å². The van der Waals surface area contributed by atoms with Gasteiger partial charge in [0.15, 0.2) is 0 Å². The van der Waals surface area contributed by atoms with Crippen LogP contribution in [-0.4, -0.2) is 36.8 Å². The van der Waals surface area contributed by atoms with E-state index in [0.29, 0.717) is 18.8 Å². The molecule has 7 heteroatoms. The van der Waals surface area contributed by atoms with Gasteiger partial charge < -0.3 is 19.5 Å². The number of carbonyl (C=O) groups is 3. The van der Waals surface area contributed by atoms with Gasteiger partial charge in [-0.05, 0) is 44.9 Å². The molecule has 0 bridgehead atoms. The molecule has 7 nitrogen and oxygen atoms in total. The van der Waals surface area contributed by atoms with E-state index in [-0.39, 0.29) is 6.42 Å². The highest BCUT2D eigenvalue weighted by molar-refractivity contribution is 5.81. The average Bonchev–Trinajstić information content (AvgIpc) is 2.54. The molecule has 1 rings (SSSR count). The third-order valence-electron chi connectivity index (χ3n) is 3.27. The molecule has 1 N–H and O–H groups in total. The standard InChI is InChI=1S/C19H27NO6/c1-5-6-11-24-17(22)16(20-18(23)26-19(2,3)4)12-14-7-9-15(10-8-14)25-13-21/h7-10,13,16H,5-6,11-12H2,1-4H3,(H,20,23). The second-order valence-electron chi connectivity index (χ2n) is 6.78. The first-order valence-corrected chi connectivity index (χ1v) is 8.60. The first kappa shape index (κ1) is 21.5. The first-order valence-electron chi connectivity index (χ1n) is 8.60. The molecule has 0 aliphatic carbocycles. The van der Waals surface area contributed by atoms with Crippen molar-refractivity contribution in [1.29, 1.82) is 0 Å². The summed E-state index contributed by atoms with van der Waals surface area (Å²) in [5.74, 6) is -0.122. The lowest BCUT2D eigenvalue weighted by Gasteiger charge is -2.23. The lowest BCUT2D eigenvalue weighted by atomic mass is 10.1. The predicted octanol–water partition coefficient (Wildman–Crippen LogP) is 3.00. The summed E-state index contributed by atoms with van der Waals surface area (Å²) in [5, 5.41) is 2.57. The van der Waals surface area contributed by atoms with Crippen LogP contribution in [0.1, 0.15) is 46.1 Å². The molecule has 1 aromatic carbocycles. The van der Waals surface area contributed by atoms with Gasteiger partial charge in [0.1, 0.15) is 17.4 Å². The van der Waals surface area contributed by atoms with E-state index in [9.17, 15) is 14.4 Å². The van der Waals surface area contributed by atoms with Gasteiger partial charge in [0.25, 0.3) is 6.47 Å². The highest BCUT2D eigenvalue weighted by Gasteiger charge is 2.25. The molecular formula is C19H27NO6. The predicted molar refractivity (Wildman–Crippen MR) is 95.9 cm³/mol. The Hall–Kier alpha value is -2.57. The highest BCUT2D eigenvalue weighted by Crippen LogP contribution is 2.14. The van der Waals surface area contributed by atoms with Crippen molar-refractivity contribution >= 4 is 18.5 Å². The Bertz CT molecular complexity index is 591. The number of benzene rings is 1. The van der Waals surface area contributed by atoms with E-state index in [2.05, 4.69) is 5.32 Å². The summed E-state index contributed by atoms with van der Waals surface area (Å²) in [7, 11) is 0. The zero-order chi connectivity index (χ0) is 19.6. The number of nitrogens with one attached hydrogen (secondary N) is 1. The van der Waals surface area contributed by atoms with Crippen LogP contribution in [0.15, 0.2) is 24.3 Å². The van der Waals surface area contributed by atoms with Gasteiger partial charge in [-0.1, -0.05) is 25.5 Å². The smallest absolute Gasteiger partial charge is 0.408 e. The number of amides is 1. The van der Waals surface area contributed by atoms with Crippen molar-refractivity contribution in [1.82, 2.24) is 5.32 Å². The number of carbonyl (C=O) groups excluding carboxylic acids is 3. The number of rotatable bonds is 9. The quantitative estimate of drug-likeness (QED) is 0.411. The van der Waals surface area contributed by atoms with Gasteiger partial charge in [0, 0.05) is 6.42 Å². The Kier molecular flexibility index (Phi) is 8.61. The van der Waals surface area contributed by atoms with E-state index in [1.54, 1.807) is 45.0 Å². The number of hydrogen-bond acceptors (Lipinski definition) is 6. The van der Waals surface area contributed by atoms with Crippen LogP contribution in [0.4, 0.5) is 4.79 Å². The van der Waals surface area contributed by atoms with Gasteiger partial charge >= 0.3 is 12.1 Å². The topological polar surface area (TPSA) is 90.9 Å². The number of unbranched alkanes of at least 4 members (excludes halogenated alkanes) is 1. The molecule has 1 atom stereocenters. The molecule has 0 spiro atoms. The van der Waals surface area contributed by atoms with Crippen molar-refractivity contribution in [2.75, 3.05) is 6.61 Å². The van der Waals surface area contributed by atoms with E-state index in [1.165, 1.54) is 0 Å². The number of hydrogen-bond donors (Lipinski definition) is 1. The van der Waals surface area contributed by atoms with Crippen molar-refractivity contribution in [2.24, 2.45) is 0 Å². The Morgan fingerprint density at radius 2 is 1.85 bits per heavy atom. The fraction of sp³-hybridized carbons (Fsp3) is 0.526. The SMILES string of the molecule is CCCCOC(=O)C(Cc1ccc(OC=O)cc1)NC(=O)OC(C)(C)C. The average molecular weight is 365 g/mol. The molecule has 0 radical (unpaired) electrons. The molecule has 0 aromatic heterocycles. The Balaban J connectivity index is 2.79. The maximum absolute atomic E-state index is 12.3. The molecule has 0 saturated heterocycles. The van der Waals surface area contributed by atoms with Crippen LogP contribution in [-0.2, 0) is 25.5 Å². The zero-order valence-electron chi connectivity index (χ0n) is 15.7. The summed E-state index contributed by atoms with van der Waals surface area (Å²) >= 11 is 0. The largest absolute Gasteiger partial charge is 0.464 e. The molecule has 0 heterocycles. The monoisotopic (exact) mass is 365 g/mol. The Morgan fingerprint density at radius 1 is 1.19 bits per heavy atom. The normalized spacial score (nSPS) is 12.0. The summed E-state index contributed by atoms with van der Waals surface area (Å²) < 4.78 is 15.2. The Morgan fingerprint density at radius 3 is 2.38 bits per heavy atom. The maximum atomic E-state index is 12.3. The molecular weight excluding hydrogens is 338 g/mol. The zero-order valence-corrected chi connectivity index (χ0v) is 15.7. The van der Waals surface area contributed by atoms with Gasteiger partial charge in [-0.15, -0.1) is 0 Å². The van der Waals surface area contributed by atoms with E-state index in [0.717, 1.165) is 18.4 Å². The summed E-state index contributed by atoms with van der Waals surface area (Å²) in [5.41, 5.74) is 0.103. The van der Waals surface area contributed by atoms with Gasteiger partial charge in [-0.2, -0.15) is 0 Å². The molecule has 0 aliphatic heterocycles. The fourth-order valence-corrected chi connectivity index (χ4v) is 2.06. The minimum absolute atomic E-state index is 0.228. The summed E-state index contributed by atoms with van der Waals surface area (Å²) in [6.45, 7) is 7.86. The molecule has 0 saturated carbocycles. The molecule has 144 valence electrons. The van der Waals surface area contributed by atoms with Crippen molar-refractivity contribution in [2.45, 2.75) is 58.6 Å². The van der Waals surface area contributed by atoms with Crippen LogP contribution in [0.5, 0.6) is 5.75 Å². The highest BCUT2D eigenvalue weighted by atomic mass is 16.6. The number of ether oxygens (including phenoxy) is 3. The third kappa shape index (κ3) is 8.50. The summed E-state index contributed by atoms with van der Waals surface area (Å²) in [6.07, 6.45) is 1.19. The minimum Gasteiger partial charge on any atom is -0.464 e. The second-order valence-corrected chi connectivity index (χ2v) is 6.78. The molecule has 0 fully saturated rings.